The number of halogens is 1. The molecular weight excluding hydrogens is 380 g/mol. The Kier molecular flexibility index (Phi) is 7.03. The van der Waals surface area contributed by atoms with Gasteiger partial charge in [-0.2, -0.15) is 4.98 Å². The van der Waals surface area contributed by atoms with Crippen molar-refractivity contribution < 1.29 is 14.1 Å². The fraction of sp³-hybridized carbons (Fsp3) is 0.500. The van der Waals surface area contributed by atoms with Gasteiger partial charge in [-0.3, -0.25) is 9.59 Å². The Morgan fingerprint density at radius 1 is 1.21 bits per heavy atom. The fourth-order valence-corrected chi connectivity index (χ4v) is 3.50. The van der Waals surface area contributed by atoms with E-state index < -0.39 is 6.04 Å². The molecule has 1 atom stereocenters. The number of hydrogen-bond acceptors (Lipinski definition) is 5. The van der Waals surface area contributed by atoms with Crippen LogP contribution in [0.3, 0.4) is 0 Å². The standard InChI is InChI=1S/C20H25ClN4O3/c1-13(23-17(26)11-14-5-3-2-4-6-14)20(27)22-12-18-24-19(25-28-18)15-7-9-16(21)10-8-15/h7-10,13-14H,2-6,11-12H2,1H3,(H,22,27)(H,23,26). The van der Waals surface area contributed by atoms with Crippen molar-refractivity contribution >= 4 is 23.4 Å². The number of carbonyl (C=O) groups is 2. The monoisotopic (exact) mass is 404 g/mol. The molecule has 28 heavy (non-hydrogen) atoms. The van der Waals surface area contributed by atoms with Crippen LogP contribution >= 0.6 is 11.6 Å². The number of carbonyl (C=O) groups excluding carboxylic acids is 2. The molecule has 1 aliphatic rings. The summed E-state index contributed by atoms with van der Waals surface area (Å²) in [6.07, 6.45) is 6.33. The van der Waals surface area contributed by atoms with Crippen molar-refractivity contribution in [3.63, 3.8) is 0 Å². The summed E-state index contributed by atoms with van der Waals surface area (Å²) in [5.41, 5.74) is 0.772. The summed E-state index contributed by atoms with van der Waals surface area (Å²) < 4.78 is 5.16. The summed E-state index contributed by atoms with van der Waals surface area (Å²) in [6.45, 7) is 1.77. The van der Waals surface area contributed by atoms with Crippen LogP contribution in [0.25, 0.3) is 11.4 Å². The summed E-state index contributed by atoms with van der Waals surface area (Å²) in [6, 6.07) is 6.45. The van der Waals surface area contributed by atoms with Gasteiger partial charge in [0.05, 0.1) is 6.54 Å². The second kappa shape index (κ2) is 9.68. The van der Waals surface area contributed by atoms with Gasteiger partial charge in [0, 0.05) is 17.0 Å². The first-order valence-electron chi connectivity index (χ1n) is 9.67. The van der Waals surface area contributed by atoms with Gasteiger partial charge >= 0.3 is 0 Å². The third-order valence-corrected chi connectivity index (χ3v) is 5.21. The van der Waals surface area contributed by atoms with E-state index in [2.05, 4.69) is 20.8 Å². The summed E-state index contributed by atoms with van der Waals surface area (Å²) in [4.78, 5) is 28.6. The van der Waals surface area contributed by atoms with Crippen molar-refractivity contribution in [2.75, 3.05) is 0 Å². The number of nitrogens with one attached hydrogen (secondary N) is 2. The van der Waals surface area contributed by atoms with Gasteiger partial charge in [-0.25, -0.2) is 0 Å². The Hall–Kier alpha value is -2.41. The highest BCUT2D eigenvalue weighted by molar-refractivity contribution is 6.30. The van der Waals surface area contributed by atoms with Crippen molar-refractivity contribution in [2.45, 2.75) is 58.0 Å². The molecular formula is C20H25ClN4O3. The second-order valence-electron chi connectivity index (χ2n) is 7.23. The van der Waals surface area contributed by atoms with Gasteiger partial charge < -0.3 is 15.2 Å². The lowest BCUT2D eigenvalue weighted by Gasteiger charge is -2.21. The largest absolute Gasteiger partial charge is 0.345 e. The zero-order valence-corrected chi connectivity index (χ0v) is 16.7. The van der Waals surface area contributed by atoms with E-state index >= 15 is 0 Å². The minimum Gasteiger partial charge on any atom is -0.345 e. The van der Waals surface area contributed by atoms with Gasteiger partial charge in [-0.05, 0) is 49.9 Å². The van der Waals surface area contributed by atoms with Crippen LogP contribution in [0, 0.1) is 5.92 Å². The van der Waals surface area contributed by atoms with E-state index in [9.17, 15) is 9.59 Å². The number of amides is 2. The molecule has 1 heterocycles. The minimum absolute atomic E-state index is 0.0719. The third kappa shape index (κ3) is 5.79. The summed E-state index contributed by atoms with van der Waals surface area (Å²) in [7, 11) is 0. The molecule has 1 aliphatic carbocycles. The van der Waals surface area contributed by atoms with E-state index in [1.165, 1.54) is 19.3 Å². The molecule has 1 unspecified atom stereocenters. The lowest BCUT2D eigenvalue weighted by Crippen LogP contribution is -2.45. The maximum absolute atomic E-state index is 12.2. The molecule has 1 aromatic heterocycles. The molecule has 150 valence electrons. The van der Waals surface area contributed by atoms with Crippen molar-refractivity contribution in [3.8, 4) is 11.4 Å². The number of nitrogens with zero attached hydrogens (tertiary/aromatic N) is 2. The molecule has 3 rings (SSSR count). The quantitative estimate of drug-likeness (QED) is 0.736. The number of aromatic nitrogens is 2. The molecule has 1 aromatic carbocycles. The highest BCUT2D eigenvalue weighted by Gasteiger charge is 2.21. The lowest BCUT2D eigenvalue weighted by molar-refractivity contribution is -0.129. The van der Waals surface area contributed by atoms with Gasteiger partial charge in [0.2, 0.25) is 23.5 Å². The molecule has 2 aromatic rings. The molecule has 2 N–H and O–H groups in total. The first-order valence-corrected chi connectivity index (χ1v) is 10.0. The average molecular weight is 405 g/mol. The molecule has 7 nitrogen and oxygen atoms in total. The van der Waals surface area contributed by atoms with E-state index in [1.54, 1.807) is 31.2 Å². The van der Waals surface area contributed by atoms with Gasteiger partial charge in [-0.1, -0.05) is 36.0 Å². The van der Waals surface area contributed by atoms with Crippen molar-refractivity contribution in [2.24, 2.45) is 5.92 Å². The Bertz CT molecular complexity index is 800. The average Bonchev–Trinajstić information content (AvgIpc) is 3.16. The molecule has 0 bridgehead atoms. The fourth-order valence-electron chi connectivity index (χ4n) is 3.38. The predicted octanol–water partition coefficient (Wildman–Crippen LogP) is 3.48. The lowest BCUT2D eigenvalue weighted by atomic mass is 9.87. The third-order valence-electron chi connectivity index (χ3n) is 4.95. The van der Waals surface area contributed by atoms with E-state index in [0.717, 1.165) is 18.4 Å². The predicted molar refractivity (Wildman–Crippen MR) is 105 cm³/mol. The van der Waals surface area contributed by atoms with Crippen LogP contribution in [0.4, 0.5) is 0 Å². The Balaban J connectivity index is 1.44. The zero-order valence-electron chi connectivity index (χ0n) is 15.9. The SMILES string of the molecule is CC(NC(=O)CC1CCCCC1)C(=O)NCc1nc(-c2ccc(Cl)cc2)no1. The van der Waals surface area contributed by atoms with Crippen LogP contribution < -0.4 is 10.6 Å². The van der Waals surface area contributed by atoms with Crippen LogP contribution in [-0.4, -0.2) is 28.0 Å². The highest BCUT2D eigenvalue weighted by atomic mass is 35.5. The van der Waals surface area contributed by atoms with Crippen LogP contribution in [0.5, 0.6) is 0 Å². The molecule has 0 radical (unpaired) electrons. The van der Waals surface area contributed by atoms with Crippen LogP contribution in [-0.2, 0) is 16.1 Å². The first kappa shape index (κ1) is 20.3. The van der Waals surface area contributed by atoms with Crippen LogP contribution in [0.1, 0.15) is 51.3 Å². The van der Waals surface area contributed by atoms with Gasteiger partial charge in [0.25, 0.3) is 0 Å². The van der Waals surface area contributed by atoms with E-state index in [-0.39, 0.29) is 18.4 Å². The minimum atomic E-state index is -0.616. The van der Waals surface area contributed by atoms with Crippen LogP contribution in [0.15, 0.2) is 28.8 Å². The molecule has 8 heteroatoms. The van der Waals surface area contributed by atoms with E-state index in [1.807, 2.05) is 0 Å². The molecule has 0 spiro atoms. The highest BCUT2D eigenvalue weighted by Crippen LogP contribution is 2.26. The zero-order chi connectivity index (χ0) is 19.9. The molecule has 1 saturated carbocycles. The van der Waals surface area contributed by atoms with E-state index in [4.69, 9.17) is 16.1 Å². The first-order chi connectivity index (χ1) is 13.5. The summed E-state index contributed by atoms with van der Waals surface area (Å²) >= 11 is 5.87. The normalized spacial score (nSPS) is 15.8. The van der Waals surface area contributed by atoms with Gasteiger partial charge in [0.1, 0.15) is 6.04 Å². The van der Waals surface area contributed by atoms with Gasteiger partial charge in [-0.15, -0.1) is 0 Å². The number of rotatable bonds is 7. The maximum Gasteiger partial charge on any atom is 0.246 e. The molecule has 0 saturated heterocycles. The summed E-state index contributed by atoms with van der Waals surface area (Å²) in [5, 5.41) is 10.0. The number of benzene rings is 1. The Morgan fingerprint density at radius 2 is 1.93 bits per heavy atom. The van der Waals surface area contributed by atoms with Gasteiger partial charge in [0.15, 0.2) is 0 Å². The molecule has 1 fully saturated rings. The Labute approximate surface area is 169 Å². The summed E-state index contributed by atoms with van der Waals surface area (Å²) in [5.74, 6) is 0.795. The molecule has 2 amide bonds. The smallest absolute Gasteiger partial charge is 0.246 e. The van der Waals surface area contributed by atoms with Crippen molar-refractivity contribution in [3.05, 3.63) is 35.2 Å². The van der Waals surface area contributed by atoms with E-state index in [0.29, 0.717) is 29.1 Å². The van der Waals surface area contributed by atoms with Crippen molar-refractivity contribution in [1.29, 1.82) is 0 Å². The number of hydrogen-bond donors (Lipinski definition) is 2. The van der Waals surface area contributed by atoms with Crippen LogP contribution in [0.2, 0.25) is 5.02 Å². The Morgan fingerprint density at radius 3 is 2.64 bits per heavy atom. The topological polar surface area (TPSA) is 97.1 Å². The molecule has 0 aliphatic heterocycles. The maximum atomic E-state index is 12.2. The van der Waals surface area contributed by atoms with Crippen molar-refractivity contribution in [1.82, 2.24) is 20.8 Å². The second-order valence-corrected chi connectivity index (χ2v) is 7.67.